The lowest BCUT2D eigenvalue weighted by molar-refractivity contribution is 0.158. The van der Waals surface area contributed by atoms with Gasteiger partial charge >= 0.3 is 12.1 Å². The summed E-state index contributed by atoms with van der Waals surface area (Å²) in [4.78, 5) is 40.3. The number of carbonyl (C=O) groups excluding carboxylic acids is 2. The second-order valence-corrected chi connectivity index (χ2v) is 8.21. The minimum atomic E-state index is -0.604. The average Bonchev–Trinajstić information content (AvgIpc) is 3.18. The molecule has 2 N–H and O–H groups in total. The Balaban J connectivity index is 1.51. The number of nitrogens with one attached hydrogen (secondary N) is 2. The lowest BCUT2D eigenvalue weighted by Crippen LogP contribution is -2.30. The van der Waals surface area contributed by atoms with E-state index >= 15 is 0 Å². The molecule has 174 valence electrons. The van der Waals surface area contributed by atoms with E-state index in [0.717, 1.165) is 0 Å². The van der Waals surface area contributed by atoms with Crippen LogP contribution in [-0.4, -0.2) is 53.1 Å². The zero-order valence-electron chi connectivity index (χ0n) is 18.6. The lowest BCUT2D eigenvalue weighted by atomic mass is 10.2. The molecule has 2 aromatic heterocycles. The molecule has 2 heterocycles. The summed E-state index contributed by atoms with van der Waals surface area (Å²) in [5, 5.41) is 7.35. The first kappa shape index (κ1) is 23.9. The van der Waals surface area contributed by atoms with Crippen LogP contribution in [0.4, 0.5) is 25.1 Å². The summed E-state index contributed by atoms with van der Waals surface area (Å²) in [6.07, 6.45) is -0.604. The number of hydrogen-bond acceptors (Lipinski definition) is 8. The summed E-state index contributed by atoms with van der Waals surface area (Å²) in [6, 6.07) is 7.08. The predicted molar refractivity (Wildman–Crippen MR) is 123 cm³/mol. The van der Waals surface area contributed by atoms with Crippen molar-refractivity contribution in [1.82, 2.24) is 25.2 Å². The van der Waals surface area contributed by atoms with Gasteiger partial charge in [0.15, 0.2) is 5.13 Å². The normalized spacial score (nSPS) is 10.5. The van der Waals surface area contributed by atoms with Crippen LogP contribution in [0.3, 0.4) is 0 Å². The van der Waals surface area contributed by atoms with Crippen LogP contribution in [0.25, 0.3) is 0 Å². The minimum Gasteiger partial charge on any atom is -0.391 e. The molecule has 0 saturated heterocycles. The summed E-state index contributed by atoms with van der Waals surface area (Å²) < 4.78 is 18.6. The Morgan fingerprint density at radius 2 is 1.94 bits per heavy atom. The van der Waals surface area contributed by atoms with E-state index in [1.54, 1.807) is 56.5 Å². The number of rotatable bonds is 7. The van der Waals surface area contributed by atoms with Crippen molar-refractivity contribution in [1.29, 1.82) is 0 Å². The van der Waals surface area contributed by atoms with E-state index in [1.807, 2.05) is 0 Å². The van der Waals surface area contributed by atoms with Gasteiger partial charge in [-0.05, 0) is 24.6 Å². The molecule has 3 aromatic rings. The molecule has 10 nitrogen and oxygen atoms in total. The molecule has 0 atom stereocenters. The minimum absolute atomic E-state index is 0.152. The van der Waals surface area contributed by atoms with Crippen molar-refractivity contribution in [3.8, 4) is 5.88 Å². The lowest BCUT2D eigenvalue weighted by Gasteiger charge is -2.16. The number of anilines is 2. The van der Waals surface area contributed by atoms with Crippen LogP contribution in [0.1, 0.15) is 17.0 Å². The third-order valence-corrected chi connectivity index (χ3v) is 5.04. The second kappa shape index (κ2) is 10.7. The molecule has 0 radical (unpaired) electrons. The van der Waals surface area contributed by atoms with Crippen molar-refractivity contribution in [3.63, 3.8) is 0 Å². The van der Waals surface area contributed by atoms with E-state index in [9.17, 15) is 14.0 Å². The Hall–Kier alpha value is -3.80. The number of aromatic nitrogens is 3. The van der Waals surface area contributed by atoms with Gasteiger partial charge in [0.05, 0.1) is 12.2 Å². The van der Waals surface area contributed by atoms with Crippen LogP contribution in [-0.2, 0) is 13.1 Å². The van der Waals surface area contributed by atoms with Gasteiger partial charge in [0, 0.05) is 44.8 Å². The Labute approximate surface area is 194 Å². The van der Waals surface area contributed by atoms with Crippen molar-refractivity contribution in [2.45, 2.75) is 20.0 Å². The summed E-state index contributed by atoms with van der Waals surface area (Å²) in [6.45, 7) is 2.13. The van der Waals surface area contributed by atoms with Gasteiger partial charge in [-0.15, -0.1) is 11.3 Å². The van der Waals surface area contributed by atoms with Crippen molar-refractivity contribution in [3.05, 3.63) is 58.5 Å². The van der Waals surface area contributed by atoms with Gasteiger partial charge < -0.3 is 19.9 Å². The van der Waals surface area contributed by atoms with E-state index in [2.05, 4.69) is 25.6 Å². The van der Waals surface area contributed by atoms with Crippen LogP contribution >= 0.6 is 11.3 Å². The number of thiazole rings is 1. The van der Waals surface area contributed by atoms with Crippen LogP contribution in [0.15, 0.2) is 35.7 Å². The molecular weight excluding hydrogens is 449 g/mol. The van der Waals surface area contributed by atoms with E-state index in [1.165, 1.54) is 28.4 Å². The molecule has 3 rings (SSSR count). The molecule has 0 aliphatic heterocycles. The van der Waals surface area contributed by atoms with Crippen LogP contribution in [0.2, 0.25) is 0 Å². The molecule has 0 aliphatic carbocycles. The highest BCUT2D eigenvalue weighted by molar-refractivity contribution is 7.13. The molecule has 33 heavy (non-hydrogen) atoms. The molecule has 0 spiro atoms. The molecule has 12 heteroatoms. The summed E-state index contributed by atoms with van der Waals surface area (Å²) in [5.41, 5.74) is 1.89. The van der Waals surface area contributed by atoms with Crippen molar-refractivity contribution in [2.24, 2.45) is 0 Å². The zero-order valence-corrected chi connectivity index (χ0v) is 19.4. The van der Waals surface area contributed by atoms with Crippen LogP contribution in [0.5, 0.6) is 5.88 Å². The zero-order chi connectivity index (χ0) is 24.0. The molecule has 0 aliphatic rings. The van der Waals surface area contributed by atoms with Crippen LogP contribution < -0.4 is 20.3 Å². The summed E-state index contributed by atoms with van der Waals surface area (Å²) in [5.74, 6) is 0.222. The average molecular weight is 474 g/mol. The van der Waals surface area contributed by atoms with Gasteiger partial charge in [-0.1, -0.05) is 12.1 Å². The molecule has 0 fully saturated rings. The smallest absolute Gasteiger partial charge is 0.391 e. The number of halogens is 1. The molecular formula is C21H24FN7O3S. The quantitative estimate of drug-likeness (QED) is 0.541. The maximum absolute atomic E-state index is 13.2. The van der Waals surface area contributed by atoms with Gasteiger partial charge in [-0.25, -0.2) is 23.9 Å². The highest BCUT2D eigenvalue weighted by atomic mass is 32.1. The predicted octanol–water partition coefficient (Wildman–Crippen LogP) is 3.40. The molecule has 0 unspecified atom stereocenters. The van der Waals surface area contributed by atoms with E-state index in [4.69, 9.17) is 4.74 Å². The maximum atomic E-state index is 13.2. The van der Waals surface area contributed by atoms with Crippen molar-refractivity contribution < 1.29 is 18.7 Å². The molecule has 1 aromatic carbocycles. The standard InChI is InChI=1S/C21H24FN7O3S/c1-13-8-17(26-18(24-13)28(2)3)32-21(31)29(4)11-16-12-33-20(25-16)27-19(30)23-10-14-6-5-7-15(22)9-14/h5-9,12H,10-11H2,1-4H3,(H2,23,25,27,30). The topological polar surface area (TPSA) is 113 Å². The van der Waals surface area contributed by atoms with Gasteiger partial charge in [-0.2, -0.15) is 4.98 Å². The first-order valence-corrected chi connectivity index (χ1v) is 10.8. The number of amides is 3. The Bertz CT molecular complexity index is 1140. The number of hydrogen-bond donors (Lipinski definition) is 2. The van der Waals surface area contributed by atoms with Gasteiger partial charge in [0.1, 0.15) is 5.82 Å². The third-order valence-electron chi connectivity index (χ3n) is 4.24. The second-order valence-electron chi connectivity index (χ2n) is 7.35. The first-order chi connectivity index (χ1) is 15.7. The Morgan fingerprint density at radius 3 is 2.67 bits per heavy atom. The number of urea groups is 1. The third kappa shape index (κ3) is 7.10. The van der Waals surface area contributed by atoms with Crippen molar-refractivity contribution in [2.75, 3.05) is 31.4 Å². The summed E-state index contributed by atoms with van der Waals surface area (Å²) in [7, 11) is 5.16. The number of ether oxygens (including phenoxy) is 1. The van der Waals surface area contributed by atoms with Gasteiger partial charge in [0.25, 0.3) is 0 Å². The molecule has 0 bridgehead atoms. The summed E-state index contributed by atoms with van der Waals surface area (Å²) >= 11 is 1.22. The first-order valence-electron chi connectivity index (χ1n) is 9.89. The maximum Gasteiger partial charge on any atom is 0.416 e. The fourth-order valence-corrected chi connectivity index (χ4v) is 3.36. The number of aryl methyl sites for hydroxylation is 1. The monoisotopic (exact) mass is 473 g/mol. The Kier molecular flexibility index (Phi) is 7.72. The number of carbonyl (C=O) groups is 2. The SMILES string of the molecule is Cc1cc(OC(=O)N(C)Cc2csc(NC(=O)NCc3cccc(F)c3)n2)nc(N(C)C)n1. The highest BCUT2D eigenvalue weighted by Gasteiger charge is 2.16. The number of benzene rings is 1. The van der Waals surface area contributed by atoms with E-state index in [0.29, 0.717) is 28.0 Å². The fraction of sp³-hybridized carbons (Fsp3) is 0.286. The fourth-order valence-electron chi connectivity index (χ4n) is 2.66. The van der Waals surface area contributed by atoms with Crippen molar-refractivity contribution >= 4 is 34.5 Å². The van der Waals surface area contributed by atoms with E-state index in [-0.39, 0.29) is 24.8 Å². The van der Waals surface area contributed by atoms with Gasteiger partial charge in [-0.3, -0.25) is 5.32 Å². The highest BCUT2D eigenvalue weighted by Crippen LogP contribution is 2.18. The molecule has 0 saturated carbocycles. The van der Waals surface area contributed by atoms with Gasteiger partial charge in [0.2, 0.25) is 11.8 Å². The Morgan fingerprint density at radius 1 is 1.15 bits per heavy atom. The number of nitrogens with zero attached hydrogens (tertiary/aromatic N) is 5. The van der Waals surface area contributed by atoms with Crippen LogP contribution in [0, 0.1) is 12.7 Å². The van der Waals surface area contributed by atoms with E-state index < -0.39 is 12.1 Å². The molecule has 3 amide bonds. The largest absolute Gasteiger partial charge is 0.416 e.